The number of unbranched alkanes of at least 4 members (excludes halogenated alkanes) is 46. The molecule has 570 valence electrons. The van der Waals surface area contributed by atoms with Crippen molar-refractivity contribution in [3.8, 4) is 0 Å². The van der Waals surface area contributed by atoms with Crippen LogP contribution in [0.5, 0.6) is 0 Å². The smallest absolute Gasteiger partial charge is 0.462 e. The van der Waals surface area contributed by atoms with E-state index in [9.17, 15) is 43.2 Å². The van der Waals surface area contributed by atoms with Crippen molar-refractivity contribution < 1.29 is 80.2 Å². The lowest BCUT2D eigenvalue weighted by Gasteiger charge is -2.21. The molecule has 19 heteroatoms. The molecular weight excluding hydrogens is 1260 g/mol. The Kier molecular flexibility index (Phi) is 67.4. The Morgan fingerprint density at radius 2 is 0.479 bits per heavy atom. The Balaban J connectivity index is 5.21. The van der Waals surface area contributed by atoms with E-state index in [0.29, 0.717) is 31.6 Å². The molecule has 0 aliphatic carbocycles. The fourth-order valence-corrected chi connectivity index (χ4v) is 13.4. The third-order valence-corrected chi connectivity index (χ3v) is 19.9. The van der Waals surface area contributed by atoms with Crippen molar-refractivity contribution in [1.82, 2.24) is 0 Å². The number of hydrogen-bond acceptors (Lipinski definition) is 15. The molecule has 0 amide bonds. The van der Waals surface area contributed by atoms with Crippen LogP contribution in [0, 0.1) is 11.8 Å². The summed E-state index contributed by atoms with van der Waals surface area (Å²) >= 11 is 0. The molecular formula is C77H150O17P2. The zero-order chi connectivity index (χ0) is 70.7. The van der Waals surface area contributed by atoms with Crippen LogP contribution in [0.1, 0.15) is 401 Å². The first-order valence-corrected chi connectivity index (χ1v) is 43.0. The molecule has 0 aliphatic rings. The van der Waals surface area contributed by atoms with Gasteiger partial charge in [-0.05, 0) is 37.5 Å². The predicted molar refractivity (Wildman–Crippen MR) is 391 cm³/mol. The van der Waals surface area contributed by atoms with Crippen LogP contribution in [0.2, 0.25) is 0 Å². The van der Waals surface area contributed by atoms with Crippen molar-refractivity contribution in [1.29, 1.82) is 0 Å². The van der Waals surface area contributed by atoms with Crippen LogP contribution in [-0.2, 0) is 65.4 Å². The minimum absolute atomic E-state index is 0.107. The second kappa shape index (κ2) is 68.8. The SMILES string of the molecule is CCCCCCCCCCCCCCCCCCCCCCC(=O)O[C@H](COC(=O)CCCCCCCCCCCCCC(C)C)COP(=O)(O)OC[C@@H](O)COP(=O)(O)OC[C@@H](COC(=O)CCCCCCCCC(C)C)OC(=O)CCCCCCCCCCCCCCC. The molecule has 0 aromatic heterocycles. The lowest BCUT2D eigenvalue weighted by atomic mass is 10.0. The predicted octanol–water partition coefficient (Wildman–Crippen LogP) is 22.7. The minimum atomic E-state index is -4.96. The average Bonchev–Trinajstić information content (AvgIpc) is 1.44. The Labute approximate surface area is 588 Å². The lowest BCUT2D eigenvalue weighted by Crippen LogP contribution is -2.30. The van der Waals surface area contributed by atoms with E-state index in [1.54, 1.807) is 0 Å². The van der Waals surface area contributed by atoms with Gasteiger partial charge in [0.2, 0.25) is 0 Å². The normalized spacial score (nSPS) is 14.0. The molecule has 96 heavy (non-hydrogen) atoms. The van der Waals surface area contributed by atoms with Gasteiger partial charge in [-0.3, -0.25) is 37.3 Å². The van der Waals surface area contributed by atoms with Crippen molar-refractivity contribution in [2.75, 3.05) is 39.6 Å². The van der Waals surface area contributed by atoms with Gasteiger partial charge in [-0.1, -0.05) is 350 Å². The third-order valence-electron chi connectivity index (χ3n) is 18.0. The zero-order valence-corrected chi connectivity index (χ0v) is 64.5. The number of esters is 4. The van der Waals surface area contributed by atoms with Crippen molar-refractivity contribution in [2.24, 2.45) is 11.8 Å². The second-order valence-electron chi connectivity index (χ2n) is 28.7. The first-order chi connectivity index (χ1) is 46.4. The number of carbonyl (C=O) groups is 4. The van der Waals surface area contributed by atoms with Gasteiger partial charge in [0.25, 0.3) is 0 Å². The molecule has 17 nitrogen and oxygen atoms in total. The molecule has 0 rings (SSSR count). The van der Waals surface area contributed by atoms with E-state index in [4.69, 9.17) is 37.0 Å². The van der Waals surface area contributed by atoms with E-state index in [1.807, 2.05) is 0 Å². The van der Waals surface area contributed by atoms with Crippen LogP contribution >= 0.6 is 15.6 Å². The molecule has 0 aliphatic heterocycles. The Morgan fingerprint density at radius 1 is 0.281 bits per heavy atom. The molecule has 0 bridgehead atoms. The van der Waals surface area contributed by atoms with Crippen LogP contribution in [0.3, 0.4) is 0 Å². The highest BCUT2D eigenvalue weighted by molar-refractivity contribution is 7.47. The Morgan fingerprint density at radius 3 is 0.708 bits per heavy atom. The summed E-state index contributed by atoms with van der Waals surface area (Å²) in [5.41, 5.74) is 0. The number of aliphatic hydroxyl groups excluding tert-OH is 1. The molecule has 0 fully saturated rings. The highest BCUT2D eigenvalue weighted by Gasteiger charge is 2.30. The summed E-state index contributed by atoms with van der Waals surface area (Å²) < 4.78 is 68.5. The van der Waals surface area contributed by atoms with Gasteiger partial charge < -0.3 is 33.8 Å². The molecule has 2 unspecified atom stereocenters. The fraction of sp³-hybridized carbons (Fsp3) is 0.948. The lowest BCUT2D eigenvalue weighted by molar-refractivity contribution is -0.161. The summed E-state index contributed by atoms with van der Waals surface area (Å²) in [6.45, 7) is 9.53. The molecule has 0 heterocycles. The number of aliphatic hydroxyl groups is 1. The Bertz CT molecular complexity index is 1860. The van der Waals surface area contributed by atoms with Crippen molar-refractivity contribution in [2.45, 2.75) is 419 Å². The number of hydrogen-bond donors (Lipinski definition) is 3. The number of ether oxygens (including phenoxy) is 4. The molecule has 0 spiro atoms. The standard InChI is InChI=1S/C77H150O17P2/c1-7-9-11-13-15-17-19-21-22-23-24-25-26-27-29-33-38-42-50-56-62-76(81)93-72(65-87-74(79)59-53-47-40-36-34-30-31-35-39-45-51-57-69(3)4)67-91-95(83,84)89-63-71(78)64-90-96(85,86)92-68-73(66-88-75(80)60-54-48-44-43-46-52-58-70(5)6)94-77(82)61-55-49-41-37-32-28-20-18-16-14-12-10-8-2/h69-73,78H,7-68H2,1-6H3,(H,83,84)(H,85,86)/t71-,72-,73-/m1/s1. The molecule has 3 N–H and O–H groups in total. The summed E-state index contributed by atoms with van der Waals surface area (Å²) in [6, 6.07) is 0. The molecule has 0 aromatic carbocycles. The number of phosphoric acid groups is 2. The first kappa shape index (κ1) is 94.1. The van der Waals surface area contributed by atoms with Crippen LogP contribution in [-0.4, -0.2) is 96.7 Å². The number of phosphoric ester groups is 2. The maximum absolute atomic E-state index is 13.1. The van der Waals surface area contributed by atoms with E-state index in [2.05, 4.69) is 41.5 Å². The van der Waals surface area contributed by atoms with Crippen molar-refractivity contribution >= 4 is 39.5 Å². The average molecular weight is 1410 g/mol. The topological polar surface area (TPSA) is 237 Å². The van der Waals surface area contributed by atoms with Gasteiger partial charge in [-0.2, -0.15) is 0 Å². The van der Waals surface area contributed by atoms with Crippen LogP contribution in [0.15, 0.2) is 0 Å². The highest BCUT2D eigenvalue weighted by atomic mass is 31.2. The number of rotatable bonds is 76. The maximum atomic E-state index is 13.1. The summed E-state index contributed by atoms with van der Waals surface area (Å²) in [6.07, 6.45) is 57.1. The van der Waals surface area contributed by atoms with E-state index in [0.717, 1.165) is 102 Å². The minimum Gasteiger partial charge on any atom is -0.462 e. The first-order valence-electron chi connectivity index (χ1n) is 40.0. The maximum Gasteiger partial charge on any atom is 0.472 e. The summed E-state index contributed by atoms with van der Waals surface area (Å²) in [4.78, 5) is 72.8. The largest absolute Gasteiger partial charge is 0.472 e. The third kappa shape index (κ3) is 70.5. The highest BCUT2D eigenvalue weighted by Crippen LogP contribution is 2.45. The van der Waals surface area contributed by atoms with E-state index < -0.39 is 97.5 Å². The quantitative estimate of drug-likeness (QED) is 0.0222. The van der Waals surface area contributed by atoms with E-state index in [1.165, 1.54) is 212 Å². The van der Waals surface area contributed by atoms with E-state index >= 15 is 0 Å². The van der Waals surface area contributed by atoms with Crippen LogP contribution < -0.4 is 0 Å². The van der Waals surface area contributed by atoms with Gasteiger partial charge in [-0.15, -0.1) is 0 Å². The van der Waals surface area contributed by atoms with Crippen molar-refractivity contribution in [3.63, 3.8) is 0 Å². The fourth-order valence-electron chi connectivity index (χ4n) is 11.8. The van der Waals surface area contributed by atoms with E-state index in [-0.39, 0.29) is 25.7 Å². The van der Waals surface area contributed by atoms with Gasteiger partial charge in [0.15, 0.2) is 12.2 Å². The van der Waals surface area contributed by atoms with Gasteiger partial charge in [0.1, 0.15) is 19.3 Å². The van der Waals surface area contributed by atoms with Crippen molar-refractivity contribution in [3.05, 3.63) is 0 Å². The summed E-state index contributed by atoms with van der Waals surface area (Å²) in [5.74, 6) is -0.665. The molecule has 5 atom stereocenters. The zero-order valence-electron chi connectivity index (χ0n) is 62.7. The summed E-state index contributed by atoms with van der Waals surface area (Å²) in [5, 5.41) is 10.6. The Hall–Kier alpha value is -1.94. The second-order valence-corrected chi connectivity index (χ2v) is 31.6. The van der Waals surface area contributed by atoms with Crippen LogP contribution in [0.4, 0.5) is 0 Å². The van der Waals surface area contributed by atoms with Gasteiger partial charge in [0.05, 0.1) is 26.4 Å². The van der Waals surface area contributed by atoms with Gasteiger partial charge in [0, 0.05) is 25.7 Å². The van der Waals surface area contributed by atoms with Gasteiger partial charge >= 0.3 is 39.5 Å². The van der Waals surface area contributed by atoms with Crippen LogP contribution in [0.25, 0.3) is 0 Å². The molecule has 0 saturated heterocycles. The molecule has 0 radical (unpaired) electrons. The monoisotopic (exact) mass is 1410 g/mol. The molecule has 0 aromatic rings. The number of carbonyl (C=O) groups excluding carboxylic acids is 4. The summed E-state index contributed by atoms with van der Waals surface area (Å²) in [7, 11) is -9.91. The molecule has 0 saturated carbocycles. The van der Waals surface area contributed by atoms with Gasteiger partial charge in [-0.25, -0.2) is 9.13 Å².